The van der Waals surface area contributed by atoms with Gasteiger partial charge in [0.1, 0.15) is 5.00 Å². The van der Waals surface area contributed by atoms with Crippen LogP contribution in [0, 0.1) is 21.4 Å². The molecule has 0 saturated carbocycles. The summed E-state index contributed by atoms with van der Waals surface area (Å²) in [6.45, 7) is 6.62. The molecule has 0 aliphatic heterocycles. The number of nitrogens with two attached hydrogens (primary N) is 1. The molecule has 1 aromatic heterocycles. The molecule has 1 aliphatic carbocycles. The molecular formula is C22H26N4O5S2. The fourth-order valence-electron chi connectivity index (χ4n) is 3.96. The summed E-state index contributed by atoms with van der Waals surface area (Å²) < 4.78 is 4.95. The molecule has 0 bridgehead atoms. The van der Waals surface area contributed by atoms with Gasteiger partial charge in [-0.3, -0.25) is 25.0 Å². The van der Waals surface area contributed by atoms with Crippen LogP contribution >= 0.6 is 23.6 Å². The monoisotopic (exact) mass is 490 g/mol. The summed E-state index contributed by atoms with van der Waals surface area (Å²) in [6.07, 6.45) is 2.56. The van der Waals surface area contributed by atoms with Crippen molar-refractivity contribution in [2.45, 2.75) is 40.0 Å². The second-order valence-electron chi connectivity index (χ2n) is 8.93. The molecule has 33 heavy (non-hydrogen) atoms. The molecular weight excluding hydrogens is 464 g/mol. The first kappa shape index (κ1) is 24.6. The molecule has 9 nitrogen and oxygen atoms in total. The number of ether oxygens (including phenoxy) is 1. The summed E-state index contributed by atoms with van der Waals surface area (Å²) in [5.41, 5.74) is 6.86. The van der Waals surface area contributed by atoms with Gasteiger partial charge in [-0.15, -0.1) is 11.3 Å². The number of nitro groups is 1. The molecule has 2 aromatic rings. The lowest BCUT2D eigenvalue weighted by atomic mass is 9.72. The number of thiophene rings is 1. The Morgan fingerprint density at radius 1 is 1.33 bits per heavy atom. The molecule has 0 unspecified atom stereocenters. The number of thiocarbonyl (C=S) groups is 1. The predicted octanol–water partition coefficient (Wildman–Crippen LogP) is 4.04. The third-order valence-electron chi connectivity index (χ3n) is 5.83. The number of hydrogen-bond acceptors (Lipinski definition) is 7. The summed E-state index contributed by atoms with van der Waals surface area (Å²) in [5.74, 6) is -0.659. The van der Waals surface area contributed by atoms with Gasteiger partial charge in [-0.1, -0.05) is 20.8 Å². The van der Waals surface area contributed by atoms with E-state index in [2.05, 4.69) is 31.4 Å². The highest BCUT2D eigenvalue weighted by molar-refractivity contribution is 7.80. The first-order valence-electron chi connectivity index (χ1n) is 10.3. The SMILES string of the molecule is COc1ccc(C(=O)NC(=S)Nc2sc3c(c2C(N)=O)CC[C@@H](C(C)(C)C)C3)cc1[N+](=O)[O-]. The number of nitrogens with one attached hydrogen (secondary N) is 2. The summed E-state index contributed by atoms with van der Waals surface area (Å²) in [6, 6.07) is 3.85. The van der Waals surface area contributed by atoms with Crippen molar-refractivity contribution in [1.29, 1.82) is 0 Å². The first-order chi connectivity index (χ1) is 15.4. The molecule has 176 valence electrons. The van der Waals surface area contributed by atoms with E-state index >= 15 is 0 Å². The van der Waals surface area contributed by atoms with Gasteiger partial charge >= 0.3 is 5.69 Å². The second-order valence-corrected chi connectivity index (χ2v) is 10.4. The lowest BCUT2D eigenvalue weighted by molar-refractivity contribution is -0.385. The van der Waals surface area contributed by atoms with Crippen molar-refractivity contribution in [3.05, 3.63) is 49.9 Å². The van der Waals surface area contributed by atoms with Gasteiger partial charge in [0.05, 0.1) is 17.6 Å². The number of anilines is 1. The van der Waals surface area contributed by atoms with Gasteiger partial charge in [0.2, 0.25) is 0 Å². The highest BCUT2D eigenvalue weighted by Crippen LogP contribution is 2.44. The van der Waals surface area contributed by atoms with Gasteiger partial charge in [0, 0.05) is 16.5 Å². The number of primary amides is 1. The summed E-state index contributed by atoms with van der Waals surface area (Å²) in [7, 11) is 1.31. The molecule has 1 heterocycles. The quantitative estimate of drug-likeness (QED) is 0.327. The standard InChI is InChI=1S/C22H26N4O5S2/c1-22(2,3)12-6-7-13-16(10-12)33-20(17(13)18(23)27)25-21(32)24-19(28)11-5-8-15(31-4)14(9-11)26(29)30/h5,8-9,12H,6-7,10H2,1-4H3,(H2,23,27)(H2,24,25,28,32)/t12-/m1/s1. The molecule has 1 atom stereocenters. The van der Waals surface area contributed by atoms with Crippen LogP contribution in [-0.2, 0) is 12.8 Å². The third-order valence-corrected chi connectivity index (χ3v) is 7.20. The number of carbonyl (C=O) groups is 2. The average molecular weight is 491 g/mol. The Morgan fingerprint density at radius 2 is 2.03 bits per heavy atom. The van der Waals surface area contributed by atoms with Crippen molar-refractivity contribution < 1.29 is 19.2 Å². The number of methoxy groups -OCH3 is 1. The number of rotatable bonds is 5. The fourth-order valence-corrected chi connectivity index (χ4v) is 5.55. The average Bonchev–Trinajstić information content (AvgIpc) is 3.09. The second kappa shape index (κ2) is 9.44. The molecule has 0 spiro atoms. The summed E-state index contributed by atoms with van der Waals surface area (Å²) in [5, 5.41) is 17.1. The minimum Gasteiger partial charge on any atom is -0.490 e. The zero-order valence-electron chi connectivity index (χ0n) is 18.8. The topological polar surface area (TPSA) is 137 Å². The molecule has 1 aromatic carbocycles. The van der Waals surface area contributed by atoms with E-state index in [9.17, 15) is 19.7 Å². The number of amides is 2. The van der Waals surface area contributed by atoms with Crippen molar-refractivity contribution in [1.82, 2.24) is 5.32 Å². The van der Waals surface area contributed by atoms with Crippen LogP contribution < -0.4 is 21.1 Å². The van der Waals surface area contributed by atoms with Gasteiger partial charge in [-0.2, -0.15) is 0 Å². The molecule has 0 fully saturated rings. The normalized spacial score (nSPS) is 15.3. The molecule has 11 heteroatoms. The van der Waals surface area contributed by atoms with Crippen LogP contribution in [0.3, 0.4) is 0 Å². The number of benzene rings is 1. The molecule has 2 amide bonds. The van der Waals surface area contributed by atoms with Crippen molar-refractivity contribution >= 4 is 51.2 Å². The molecule has 4 N–H and O–H groups in total. The van der Waals surface area contributed by atoms with Gasteiger partial charge in [-0.25, -0.2) is 0 Å². The molecule has 3 rings (SSSR count). The van der Waals surface area contributed by atoms with Gasteiger partial charge < -0.3 is 15.8 Å². The van der Waals surface area contributed by atoms with E-state index in [1.54, 1.807) is 0 Å². The number of nitrogens with zero attached hydrogens (tertiary/aromatic N) is 1. The van der Waals surface area contributed by atoms with Crippen LogP contribution in [0.1, 0.15) is 58.3 Å². The zero-order chi connectivity index (χ0) is 24.5. The third kappa shape index (κ3) is 5.31. The van der Waals surface area contributed by atoms with E-state index < -0.39 is 16.7 Å². The number of nitro benzene ring substituents is 1. The number of hydrogen-bond donors (Lipinski definition) is 3. The maximum atomic E-state index is 12.6. The number of carbonyl (C=O) groups excluding carboxylic acids is 2. The summed E-state index contributed by atoms with van der Waals surface area (Å²) >= 11 is 6.68. The largest absolute Gasteiger partial charge is 0.490 e. The predicted molar refractivity (Wildman–Crippen MR) is 131 cm³/mol. The lowest BCUT2D eigenvalue weighted by Crippen LogP contribution is -2.34. The van der Waals surface area contributed by atoms with E-state index in [1.807, 2.05) is 0 Å². The van der Waals surface area contributed by atoms with Crippen LogP contribution in [0.5, 0.6) is 5.75 Å². The number of fused-ring (bicyclic) bond motifs is 1. The Bertz CT molecular complexity index is 1140. The molecule has 0 radical (unpaired) electrons. The Kier molecular flexibility index (Phi) is 7.03. The Hall–Kier alpha value is -3.05. The van der Waals surface area contributed by atoms with Gasteiger partial charge in [0.25, 0.3) is 11.8 Å². The Morgan fingerprint density at radius 3 is 2.61 bits per heavy atom. The van der Waals surface area contributed by atoms with Crippen LogP contribution in [-0.4, -0.2) is 29.0 Å². The van der Waals surface area contributed by atoms with Crippen molar-refractivity contribution in [3.8, 4) is 5.75 Å². The van der Waals surface area contributed by atoms with Crippen LogP contribution in [0.4, 0.5) is 10.7 Å². The van der Waals surface area contributed by atoms with Crippen molar-refractivity contribution in [2.75, 3.05) is 12.4 Å². The van der Waals surface area contributed by atoms with Gasteiger partial charge in [-0.05, 0) is 60.5 Å². The maximum absolute atomic E-state index is 12.6. The Balaban J connectivity index is 1.79. The zero-order valence-corrected chi connectivity index (χ0v) is 20.4. The molecule has 1 aliphatic rings. The minimum atomic E-state index is -0.633. The van der Waals surface area contributed by atoms with E-state index in [-0.39, 0.29) is 27.5 Å². The van der Waals surface area contributed by atoms with Crippen LogP contribution in [0.25, 0.3) is 0 Å². The molecule has 0 saturated heterocycles. The van der Waals surface area contributed by atoms with Crippen LogP contribution in [0.2, 0.25) is 0 Å². The van der Waals surface area contributed by atoms with E-state index in [1.165, 1.54) is 30.6 Å². The van der Waals surface area contributed by atoms with Crippen LogP contribution in [0.15, 0.2) is 18.2 Å². The lowest BCUT2D eigenvalue weighted by Gasteiger charge is -2.33. The van der Waals surface area contributed by atoms with Gasteiger partial charge in [0.15, 0.2) is 10.9 Å². The Labute approximate surface area is 200 Å². The van der Waals surface area contributed by atoms with E-state index in [0.29, 0.717) is 16.5 Å². The van der Waals surface area contributed by atoms with E-state index in [0.717, 1.165) is 35.8 Å². The first-order valence-corrected chi connectivity index (χ1v) is 11.5. The summed E-state index contributed by atoms with van der Waals surface area (Å²) in [4.78, 5) is 36.5. The highest BCUT2D eigenvalue weighted by atomic mass is 32.1. The van der Waals surface area contributed by atoms with Crippen molar-refractivity contribution in [3.63, 3.8) is 0 Å². The fraction of sp³-hybridized carbons (Fsp3) is 0.409. The minimum absolute atomic E-state index is 0.0352. The van der Waals surface area contributed by atoms with Crippen molar-refractivity contribution in [2.24, 2.45) is 17.1 Å². The highest BCUT2D eigenvalue weighted by Gasteiger charge is 2.33. The smallest absolute Gasteiger partial charge is 0.311 e. The maximum Gasteiger partial charge on any atom is 0.311 e. The van der Waals surface area contributed by atoms with E-state index in [4.69, 9.17) is 22.7 Å².